The second-order valence-electron chi connectivity index (χ2n) is 4.49. The SMILES string of the molecule is Cc1cccc(NC(=O)CNC(=O)c2ccoc2)c1C. The fourth-order valence-corrected chi connectivity index (χ4v) is 1.74. The lowest BCUT2D eigenvalue weighted by Gasteiger charge is -2.10. The summed E-state index contributed by atoms with van der Waals surface area (Å²) in [6.07, 6.45) is 2.74. The van der Waals surface area contributed by atoms with Crippen molar-refractivity contribution in [3.63, 3.8) is 0 Å². The number of carbonyl (C=O) groups excluding carboxylic acids is 2. The average Bonchev–Trinajstić information content (AvgIpc) is 2.95. The molecule has 1 heterocycles. The molecule has 1 aromatic carbocycles. The van der Waals surface area contributed by atoms with E-state index in [-0.39, 0.29) is 18.4 Å². The van der Waals surface area contributed by atoms with Crippen LogP contribution in [0.1, 0.15) is 21.5 Å². The Hall–Kier alpha value is -2.56. The summed E-state index contributed by atoms with van der Waals surface area (Å²) in [6.45, 7) is 3.83. The molecule has 0 fully saturated rings. The van der Waals surface area contributed by atoms with Crippen LogP contribution in [0.3, 0.4) is 0 Å². The molecule has 0 radical (unpaired) electrons. The van der Waals surface area contributed by atoms with Crippen LogP contribution in [0.2, 0.25) is 0 Å². The van der Waals surface area contributed by atoms with E-state index in [9.17, 15) is 9.59 Å². The van der Waals surface area contributed by atoms with E-state index in [1.807, 2.05) is 32.0 Å². The van der Waals surface area contributed by atoms with Gasteiger partial charge in [0.25, 0.3) is 5.91 Å². The monoisotopic (exact) mass is 272 g/mol. The van der Waals surface area contributed by atoms with Gasteiger partial charge in [-0.15, -0.1) is 0 Å². The van der Waals surface area contributed by atoms with Crippen molar-refractivity contribution >= 4 is 17.5 Å². The van der Waals surface area contributed by atoms with Crippen molar-refractivity contribution in [1.82, 2.24) is 5.32 Å². The van der Waals surface area contributed by atoms with Crippen LogP contribution < -0.4 is 10.6 Å². The number of rotatable bonds is 4. The number of carbonyl (C=O) groups is 2. The van der Waals surface area contributed by atoms with Gasteiger partial charge in [-0.05, 0) is 37.1 Å². The Bertz CT molecular complexity index is 618. The Kier molecular flexibility index (Phi) is 4.20. The van der Waals surface area contributed by atoms with Gasteiger partial charge in [-0.3, -0.25) is 9.59 Å². The summed E-state index contributed by atoms with van der Waals surface area (Å²) in [5, 5.41) is 5.30. The van der Waals surface area contributed by atoms with Crippen molar-refractivity contribution in [3.05, 3.63) is 53.5 Å². The number of nitrogens with one attached hydrogen (secondary N) is 2. The van der Waals surface area contributed by atoms with Gasteiger partial charge in [0.05, 0.1) is 18.4 Å². The zero-order valence-electron chi connectivity index (χ0n) is 11.4. The van der Waals surface area contributed by atoms with Crippen LogP contribution in [0.25, 0.3) is 0 Å². The third kappa shape index (κ3) is 3.26. The molecule has 0 aliphatic rings. The van der Waals surface area contributed by atoms with Crippen molar-refractivity contribution in [2.75, 3.05) is 11.9 Å². The zero-order valence-corrected chi connectivity index (χ0v) is 11.4. The van der Waals surface area contributed by atoms with Gasteiger partial charge in [0.15, 0.2) is 0 Å². The quantitative estimate of drug-likeness (QED) is 0.896. The molecule has 2 rings (SSSR count). The second kappa shape index (κ2) is 6.06. The predicted molar refractivity (Wildman–Crippen MR) is 75.6 cm³/mol. The molecule has 2 N–H and O–H groups in total. The molecule has 0 saturated heterocycles. The third-order valence-electron chi connectivity index (χ3n) is 3.07. The number of hydrogen-bond acceptors (Lipinski definition) is 3. The molecule has 1 aromatic heterocycles. The molecule has 0 unspecified atom stereocenters. The van der Waals surface area contributed by atoms with Crippen LogP contribution in [-0.2, 0) is 4.79 Å². The molecule has 0 atom stereocenters. The van der Waals surface area contributed by atoms with Crippen LogP contribution in [0.15, 0.2) is 41.2 Å². The molecule has 0 saturated carbocycles. The molecule has 2 amide bonds. The highest BCUT2D eigenvalue weighted by Gasteiger charge is 2.10. The van der Waals surface area contributed by atoms with Crippen molar-refractivity contribution in [2.24, 2.45) is 0 Å². The van der Waals surface area contributed by atoms with Gasteiger partial charge >= 0.3 is 0 Å². The number of amides is 2. The number of anilines is 1. The van der Waals surface area contributed by atoms with E-state index < -0.39 is 0 Å². The maximum absolute atomic E-state index is 11.8. The Morgan fingerprint density at radius 1 is 1.20 bits per heavy atom. The minimum atomic E-state index is -0.338. The van der Waals surface area contributed by atoms with Crippen LogP contribution >= 0.6 is 0 Å². The van der Waals surface area contributed by atoms with Gasteiger partial charge in [0, 0.05) is 5.69 Å². The normalized spacial score (nSPS) is 10.1. The molecule has 0 aliphatic heterocycles. The fraction of sp³-hybridized carbons (Fsp3) is 0.200. The summed E-state index contributed by atoms with van der Waals surface area (Å²) < 4.78 is 4.81. The molecule has 0 spiro atoms. The van der Waals surface area contributed by atoms with E-state index in [1.165, 1.54) is 18.6 Å². The lowest BCUT2D eigenvalue weighted by molar-refractivity contribution is -0.115. The Balaban J connectivity index is 1.90. The highest BCUT2D eigenvalue weighted by Crippen LogP contribution is 2.17. The standard InChI is InChI=1S/C15H16N2O3/c1-10-4-3-5-13(11(10)2)17-14(18)8-16-15(19)12-6-7-20-9-12/h3-7,9H,8H2,1-2H3,(H,16,19)(H,17,18). The molecular formula is C15H16N2O3. The third-order valence-corrected chi connectivity index (χ3v) is 3.07. The molecule has 0 bridgehead atoms. The minimum absolute atomic E-state index is 0.0859. The van der Waals surface area contributed by atoms with Gasteiger partial charge in [-0.1, -0.05) is 12.1 Å². The van der Waals surface area contributed by atoms with Crippen molar-refractivity contribution in [3.8, 4) is 0 Å². The molecule has 5 nitrogen and oxygen atoms in total. The van der Waals surface area contributed by atoms with Gasteiger partial charge in [0.2, 0.25) is 5.91 Å². The Morgan fingerprint density at radius 3 is 2.70 bits per heavy atom. The van der Waals surface area contributed by atoms with Crippen LogP contribution in [0.4, 0.5) is 5.69 Å². The van der Waals surface area contributed by atoms with Crippen molar-refractivity contribution < 1.29 is 14.0 Å². The first kappa shape index (κ1) is 13.9. The second-order valence-corrected chi connectivity index (χ2v) is 4.49. The minimum Gasteiger partial charge on any atom is -0.472 e. The lowest BCUT2D eigenvalue weighted by Crippen LogP contribution is -2.32. The maximum atomic E-state index is 11.8. The molecule has 0 aliphatic carbocycles. The molecule has 5 heteroatoms. The average molecular weight is 272 g/mol. The maximum Gasteiger partial charge on any atom is 0.254 e. The van der Waals surface area contributed by atoms with E-state index in [2.05, 4.69) is 10.6 Å². The lowest BCUT2D eigenvalue weighted by atomic mass is 10.1. The van der Waals surface area contributed by atoms with Crippen LogP contribution in [0.5, 0.6) is 0 Å². The summed E-state index contributed by atoms with van der Waals surface area (Å²) in [4.78, 5) is 23.4. The van der Waals surface area contributed by atoms with Gasteiger partial charge in [-0.2, -0.15) is 0 Å². The first-order valence-electron chi connectivity index (χ1n) is 6.24. The van der Waals surface area contributed by atoms with E-state index >= 15 is 0 Å². The van der Waals surface area contributed by atoms with Crippen LogP contribution in [0, 0.1) is 13.8 Å². The highest BCUT2D eigenvalue weighted by molar-refractivity contribution is 5.99. The fourth-order valence-electron chi connectivity index (χ4n) is 1.74. The summed E-state index contributed by atoms with van der Waals surface area (Å²) in [7, 11) is 0. The van der Waals surface area contributed by atoms with E-state index in [4.69, 9.17) is 4.42 Å². The van der Waals surface area contributed by atoms with Gasteiger partial charge in [-0.25, -0.2) is 0 Å². The van der Waals surface area contributed by atoms with Gasteiger partial charge < -0.3 is 15.1 Å². The predicted octanol–water partition coefficient (Wildman–Crippen LogP) is 2.26. The van der Waals surface area contributed by atoms with Crippen LogP contribution in [-0.4, -0.2) is 18.4 Å². The summed E-state index contributed by atoms with van der Waals surface area (Å²) >= 11 is 0. The summed E-state index contributed by atoms with van der Waals surface area (Å²) in [5.41, 5.74) is 3.27. The molecule has 20 heavy (non-hydrogen) atoms. The molecule has 2 aromatic rings. The summed E-state index contributed by atoms with van der Waals surface area (Å²) in [6, 6.07) is 7.23. The van der Waals surface area contributed by atoms with E-state index in [0.29, 0.717) is 5.56 Å². The topological polar surface area (TPSA) is 71.3 Å². The van der Waals surface area contributed by atoms with E-state index in [0.717, 1.165) is 16.8 Å². The first-order chi connectivity index (χ1) is 9.58. The Morgan fingerprint density at radius 2 is 2.00 bits per heavy atom. The summed E-state index contributed by atoms with van der Waals surface area (Å²) in [5.74, 6) is -0.606. The number of benzene rings is 1. The van der Waals surface area contributed by atoms with Gasteiger partial charge in [0.1, 0.15) is 6.26 Å². The number of hydrogen-bond donors (Lipinski definition) is 2. The largest absolute Gasteiger partial charge is 0.472 e. The molecular weight excluding hydrogens is 256 g/mol. The first-order valence-corrected chi connectivity index (χ1v) is 6.24. The number of furan rings is 1. The zero-order chi connectivity index (χ0) is 14.5. The van der Waals surface area contributed by atoms with Crippen molar-refractivity contribution in [1.29, 1.82) is 0 Å². The Labute approximate surface area is 117 Å². The highest BCUT2D eigenvalue weighted by atomic mass is 16.3. The number of aryl methyl sites for hydroxylation is 1. The van der Waals surface area contributed by atoms with E-state index in [1.54, 1.807) is 0 Å². The smallest absolute Gasteiger partial charge is 0.254 e. The van der Waals surface area contributed by atoms with Crippen molar-refractivity contribution in [2.45, 2.75) is 13.8 Å². The molecule has 104 valence electrons.